The van der Waals surface area contributed by atoms with E-state index in [9.17, 15) is 18.3 Å². The minimum atomic E-state index is -4.00. The number of fused-ring (bicyclic) bond motifs is 1. The third kappa shape index (κ3) is 8.26. The van der Waals surface area contributed by atoms with Crippen LogP contribution in [-0.4, -0.2) is 86.2 Å². The van der Waals surface area contributed by atoms with Gasteiger partial charge in [-0.15, -0.1) is 0 Å². The van der Waals surface area contributed by atoms with Crippen molar-refractivity contribution in [3.05, 3.63) is 65.7 Å². The number of ether oxygens (including phenoxy) is 3. The highest BCUT2D eigenvalue weighted by Gasteiger charge is 2.42. The van der Waals surface area contributed by atoms with Gasteiger partial charge in [0.15, 0.2) is 6.29 Å². The molecular weight excluding hydrogens is 550 g/mol. The van der Waals surface area contributed by atoms with Crippen molar-refractivity contribution in [2.24, 2.45) is 17.0 Å². The van der Waals surface area contributed by atoms with Gasteiger partial charge in [-0.25, -0.2) is 13.2 Å². The molecule has 11 nitrogen and oxygen atoms in total. The quantitative estimate of drug-likeness (QED) is 0.195. The number of carbonyl (C=O) groups excluding carboxylic acids is 1. The summed E-state index contributed by atoms with van der Waals surface area (Å²) in [5.74, 6) is -0.0787. The van der Waals surface area contributed by atoms with Crippen molar-refractivity contribution in [2.75, 3.05) is 26.3 Å². The Labute approximate surface area is 241 Å². The van der Waals surface area contributed by atoms with Gasteiger partial charge >= 0.3 is 6.09 Å². The maximum atomic E-state index is 13.6. The smallest absolute Gasteiger partial charge is 0.407 e. The minimum absolute atomic E-state index is 0.0312. The lowest BCUT2D eigenvalue weighted by Crippen LogP contribution is -2.51. The molecule has 2 saturated heterocycles. The molecule has 0 bridgehead atoms. The standard InChI is InChI=1S/C29H39N3O8S/c1-20(2)17-32(41(36,37)23-12-10-22(11-13-23)16-30-35)18-26(33)25(15-21-7-4-3-5-8-21)31-29(34)40-27-19-39-28-24(27)9-6-14-38-28/h3-5,7-8,10-13,16,20,24-28,33,35H,6,9,14-15,17-19H2,1-2H3,(H,31,34)/b30-16+/t24-,25+,26-,27?,28+/m1/s1. The first-order valence-corrected chi connectivity index (χ1v) is 15.3. The second-order valence-electron chi connectivity index (χ2n) is 10.9. The average Bonchev–Trinajstić information content (AvgIpc) is 3.35. The van der Waals surface area contributed by atoms with Crippen LogP contribution in [0.15, 0.2) is 64.6 Å². The van der Waals surface area contributed by atoms with Crippen molar-refractivity contribution < 1.29 is 37.7 Å². The fourth-order valence-electron chi connectivity index (χ4n) is 5.18. The van der Waals surface area contributed by atoms with E-state index in [-0.39, 0.29) is 49.1 Å². The number of aliphatic hydroxyl groups is 1. The highest BCUT2D eigenvalue weighted by molar-refractivity contribution is 7.89. The van der Waals surface area contributed by atoms with Gasteiger partial charge < -0.3 is 29.8 Å². The van der Waals surface area contributed by atoms with E-state index in [0.717, 1.165) is 18.4 Å². The SMILES string of the molecule is CC(C)CN(C[C@@H](O)[C@H](Cc1ccccc1)NC(=O)OC1CO[C@@H]2OCCC[C@H]12)S(=O)(=O)c1ccc(/C=N/O)cc1. The second-order valence-corrected chi connectivity index (χ2v) is 12.8. The summed E-state index contributed by atoms with van der Waals surface area (Å²) in [5, 5.41) is 25.9. The van der Waals surface area contributed by atoms with Crippen LogP contribution >= 0.6 is 0 Å². The average molecular weight is 590 g/mol. The van der Waals surface area contributed by atoms with Gasteiger partial charge in [-0.1, -0.05) is 61.5 Å². The number of nitrogens with zero attached hydrogens (tertiary/aromatic N) is 2. The number of benzene rings is 2. The van der Waals surface area contributed by atoms with Crippen molar-refractivity contribution in [2.45, 2.75) is 62.5 Å². The largest absolute Gasteiger partial charge is 0.443 e. The van der Waals surface area contributed by atoms with Gasteiger partial charge in [0.2, 0.25) is 10.0 Å². The van der Waals surface area contributed by atoms with Crippen molar-refractivity contribution in [3.8, 4) is 0 Å². The van der Waals surface area contributed by atoms with Crippen LogP contribution in [0.1, 0.15) is 37.8 Å². The first-order valence-electron chi connectivity index (χ1n) is 13.9. The van der Waals surface area contributed by atoms with Crippen molar-refractivity contribution in [1.82, 2.24) is 9.62 Å². The predicted molar refractivity (Wildman–Crippen MR) is 151 cm³/mol. The second kappa shape index (κ2) is 14.2. The lowest BCUT2D eigenvalue weighted by atomic mass is 9.97. The highest BCUT2D eigenvalue weighted by atomic mass is 32.2. The predicted octanol–water partition coefficient (Wildman–Crippen LogP) is 2.99. The lowest BCUT2D eigenvalue weighted by Gasteiger charge is -2.31. The van der Waals surface area contributed by atoms with Gasteiger partial charge in [0.1, 0.15) is 6.10 Å². The Kier molecular flexibility index (Phi) is 10.7. The molecule has 2 aliphatic rings. The molecule has 2 aromatic carbocycles. The molecule has 1 unspecified atom stereocenters. The van der Waals surface area contributed by atoms with Crippen LogP contribution in [0.3, 0.4) is 0 Å². The van der Waals surface area contributed by atoms with E-state index in [1.54, 1.807) is 0 Å². The maximum Gasteiger partial charge on any atom is 0.407 e. The Morgan fingerprint density at radius 3 is 2.56 bits per heavy atom. The summed E-state index contributed by atoms with van der Waals surface area (Å²) in [6.07, 6.45) is 0.348. The Morgan fingerprint density at radius 2 is 1.88 bits per heavy atom. The molecule has 0 aliphatic carbocycles. The molecule has 2 fully saturated rings. The van der Waals surface area contributed by atoms with Crippen molar-refractivity contribution in [1.29, 1.82) is 0 Å². The summed E-state index contributed by atoms with van der Waals surface area (Å²) in [5.41, 5.74) is 1.40. The molecule has 2 aliphatic heterocycles. The molecule has 4 rings (SSSR count). The van der Waals surface area contributed by atoms with E-state index in [0.29, 0.717) is 12.2 Å². The Morgan fingerprint density at radius 1 is 1.15 bits per heavy atom. The number of hydrogen-bond donors (Lipinski definition) is 3. The van der Waals surface area contributed by atoms with Gasteiger partial charge in [-0.05, 0) is 48.4 Å². The zero-order valence-electron chi connectivity index (χ0n) is 23.3. The third-order valence-corrected chi connectivity index (χ3v) is 9.07. The topological polar surface area (TPSA) is 147 Å². The van der Waals surface area contributed by atoms with Gasteiger partial charge in [0, 0.05) is 25.6 Å². The molecule has 41 heavy (non-hydrogen) atoms. The van der Waals surface area contributed by atoms with Crippen LogP contribution in [0.4, 0.5) is 4.79 Å². The van der Waals surface area contributed by atoms with Crippen molar-refractivity contribution in [3.63, 3.8) is 0 Å². The normalized spacial score (nSPS) is 22.5. The molecule has 0 spiro atoms. The van der Waals surface area contributed by atoms with E-state index >= 15 is 0 Å². The molecule has 3 N–H and O–H groups in total. The summed E-state index contributed by atoms with van der Waals surface area (Å²) in [6, 6.07) is 14.4. The zero-order valence-corrected chi connectivity index (χ0v) is 24.2. The first kappa shape index (κ1) is 30.9. The van der Waals surface area contributed by atoms with E-state index in [2.05, 4.69) is 10.5 Å². The molecule has 224 valence electrons. The fourth-order valence-corrected chi connectivity index (χ4v) is 6.80. The number of oxime groups is 1. The van der Waals surface area contributed by atoms with E-state index < -0.39 is 34.4 Å². The van der Waals surface area contributed by atoms with Crippen LogP contribution in [0.25, 0.3) is 0 Å². The Balaban J connectivity index is 1.51. The molecule has 5 atom stereocenters. The zero-order chi connectivity index (χ0) is 29.4. The summed E-state index contributed by atoms with van der Waals surface area (Å²) in [6.45, 7) is 4.53. The van der Waals surface area contributed by atoms with Crippen LogP contribution in [-0.2, 0) is 30.7 Å². The van der Waals surface area contributed by atoms with E-state index in [1.807, 2.05) is 44.2 Å². The number of alkyl carbamates (subject to hydrolysis) is 1. The molecule has 0 saturated carbocycles. The van der Waals surface area contributed by atoms with Crippen LogP contribution in [0.2, 0.25) is 0 Å². The van der Waals surface area contributed by atoms with Gasteiger partial charge in [0.25, 0.3) is 0 Å². The van der Waals surface area contributed by atoms with Gasteiger partial charge in [-0.2, -0.15) is 4.31 Å². The Bertz CT molecular complexity index is 1260. The van der Waals surface area contributed by atoms with E-state index in [1.165, 1.54) is 34.8 Å². The summed E-state index contributed by atoms with van der Waals surface area (Å²) in [4.78, 5) is 13.1. The van der Waals surface area contributed by atoms with Crippen LogP contribution < -0.4 is 5.32 Å². The number of carbonyl (C=O) groups is 1. The minimum Gasteiger partial charge on any atom is -0.443 e. The van der Waals surface area contributed by atoms with Crippen LogP contribution in [0.5, 0.6) is 0 Å². The summed E-state index contributed by atoms with van der Waals surface area (Å²) in [7, 11) is -4.00. The molecule has 1 amide bonds. The number of nitrogens with one attached hydrogen (secondary N) is 1. The maximum absolute atomic E-state index is 13.6. The molecule has 12 heteroatoms. The number of rotatable bonds is 12. The fraction of sp³-hybridized carbons (Fsp3) is 0.517. The number of amides is 1. The van der Waals surface area contributed by atoms with Gasteiger partial charge in [0.05, 0.1) is 29.9 Å². The first-order chi connectivity index (χ1) is 19.7. The summed E-state index contributed by atoms with van der Waals surface area (Å²) < 4.78 is 45.5. The van der Waals surface area contributed by atoms with Crippen LogP contribution in [0, 0.1) is 11.8 Å². The highest BCUT2D eigenvalue weighted by Crippen LogP contribution is 2.32. The molecule has 2 aromatic rings. The number of hydrogen-bond acceptors (Lipinski definition) is 9. The lowest BCUT2D eigenvalue weighted by molar-refractivity contribution is -0.152. The monoisotopic (exact) mass is 589 g/mol. The number of aliphatic hydroxyl groups excluding tert-OH is 1. The third-order valence-electron chi connectivity index (χ3n) is 7.22. The Hall–Kier alpha value is -3.03. The van der Waals surface area contributed by atoms with Crippen molar-refractivity contribution >= 4 is 22.3 Å². The summed E-state index contributed by atoms with van der Waals surface area (Å²) >= 11 is 0. The number of sulfonamides is 1. The van der Waals surface area contributed by atoms with Gasteiger partial charge in [-0.3, -0.25) is 0 Å². The molecule has 0 aromatic heterocycles. The molecular formula is C29H39N3O8S. The van der Waals surface area contributed by atoms with E-state index in [4.69, 9.17) is 19.4 Å². The molecule has 0 radical (unpaired) electrons. The molecule has 2 heterocycles.